The molecular weight excluding hydrogens is 290 g/mol. The Hall–Kier alpha value is -2.49. The first-order valence-electron chi connectivity index (χ1n) is 8.00. The fourth-order valence-corrected chi connectivity index (χ4v) is 3.04. The lowest BCUT2D eigenvalue weighted by atomic mass is 10.0. The second kappa shape index (κ2) is 5.61. The first kappa shape index (κ1) is 14.1. The molecule has 0 bridgehead atoms. The maximum absolute atomic E-state index is 12.4. The van der Waals surface area contributed by atoms with E-state index in [4.69, 9.17) is 9.47 Å². The highest BCUT2D eigenvalue weighted by Crippen LogP contribution is 2.47. The lowest BCUT2D eigenvalue weighted by Gasteiger charge is -2.22. The second-order valence-corrected chi connectivity index (χ2v) is 6.15. The standard InChI is InChI=1S/C19H19NO3/c21-18(12-14-4-2-1-3-5-14)20-19(8-9-19)15-6-7-16-17(13-15)23-11-10-22-16/h1-7,13H,8-12H2,(H,20,21). The molecule has 2 aliphatic rings. The number of amides is 1. The highest BCUT2D eigenvalue weighted by molar-refractivity contribution is 5.80. The zero-order valence-electron chi connectivity index (χ0n) is 12.9. The highest BCUT2D eigenvalue weighted by Gasteiger charge is 2.46. The van der Waals surface area contributed by atoms with Crippen molar-refractivity contribution in [1.29, 1.82) is 0 Å². The summed E-state index contributed by atoms with van der Waals surface area (Å²) in [6.07, 6.45) is 2.34. The predicted octanol–water partition coefficient (Wildman–Crippen LogP) is 2.81. The van der Waals surface area contributed by atoms with E-state index in [0.29, 0.717) is 19.6 Å². The van der Waals surface area contributed by atoms with Crippen molar-refractivity contribution >= 4 is 5.91 Å². The van der Waals surface area contributed by atoms with E-state index in [9.17, 15) is 4.79 Å². The van der Waals surface area contributed by atoms with Gasteiger partial charge in [-0.05, 0) is 36.1 Å². The number of carbonyl (C=O) groups is 1. The monoisotopic (exact) mass is 309 g/mol. The van der Waals surface area contributed by atoms with Crippen molar-refractivity contribution in [2.75, 3.05) is 13.2 Å². The maximum Gasteiger partial charge on any atom is 0.225 e. The molecule has 4 heteroatoms. The summed E-state index contributed by atoms with van der Waals surface area (Å²) >= 11 is 0. The molecule has 23 heavy (non-hydrogen) atoms. The fraction of sp³-hybridized carbons (Fsp3) is 0.316. The van der Waals surface area contributed by atoms with Crippen LogP contribution in [0.4, 0.5) is 0 Å². The van der Waals surface area contributed by atoms with E-state index in [1.54, 1.807) is 0 Å². The minimum absolute atomic E-state index is 0.0589. The van der Waals surface area contributed by atoms with Gasteiger partial charge in [-0.25, -0.2) is 0 Å². The van der Waals surface area contributed by atoms with E-state index in [1.807, 2.05) is 48.5 Å². The molecule has 1 saturated carbocycles. The lowest BCUT2D eigenvalue weighted by molar-refractivity contribution is -0.121. The van der Waals surface area contributed by atoms with Gasteiger partial charge in [-0.15, -0.1) is 0 Å². The third kappa shape index (κ3) is 2.89. The molecule has 118 valence electrons. The Bertz CT molecular complexity index is 723. The van der Waals surface area contributed by atoms with Crippen LogP contribution in [-0.4, -0.2) is 19.1 Å². The van der Waals surface area contributed by atoms with Gasteiger partial charge in [0, 0.05) is 0 Å². The molecular formula is C19H19NO3. The molecule has 4 nitrogen and oxygen atoms in total. The molecule has 1 aliphatic carbocycles. The molecule has 2 aromatic rings. The average Bonchev–Trinajstić information content (AvgIpc) is 3.36. The van der Waals surface area contributed by atoms with Crippen LogP contribution in [0.2, 0.25) is 0 Å². The van der Waals surface area contributed by atoms with Gasteiger partial charge in [0.05, 0.1) is 12.0 Å². The number of carbonyl (C=O) groups excluding carboxylic acids is 1. The highest BCUT2D eigenvalue weighted by atomic mass is 16.6. The molecule has 0 aromatic heterocycles. The fourth-order valence-electron chi connectivity index (χ4n) is 3.04. The molecule has 1 amide bonds. The molecule has 2 aromatic carbocycles. The third-order valence-electron chi connectivity index (χ3n) is 4.43. The summed E-state index contributed by atoms with van der Waals surface area (Å²) in [5.74, 6) is 1.62. The zero-order valence-corrected chi connectivity index (χ0v) is 12.9. The van der Waals surface area contributed by atoms with E-state index in [0.717, 1.165) is 35.5 Å². The second-order valence-electron chi connectivity index (χ2n) is 6.15. The summed E-state index contributed by atoms with van der Waals surface area (Å²) in [7, 11) is 0. The molecule has 0 saturated heterocycles. The quantitative estimate of drug-likeness (QED) is 0.945. The van der Waals surface area contributed by atoms with Gasteiger partial charge in [0.25, 0.3) is 0 Å². The van der Waals surface area contributed by atoms with Gasteiger partial charge in [-0.3, -0.25) is 4.79 Å². The Morgan fingerprint density at radius 2 is 1.74 bits per heavy atom. The summed E-state index contributed by atoms with van der Waals surface area (Å²) in [4.78, 5) is 12.4. The van der Waals surface area contributed by atoms with E-state index >= 15 is 0 Å². The molecule has 0 spiro atoms. The predicted molar refractivity (Wildman–Crippen MR) is 86.6 cm³/mol. The molecule has 1 heterocycles. The largest absolute Gasteiger partial charge is 0.486 e. The van der Waals surface area contributed by atoms with Crippen LogP contribution in [0, 0.1) is 0 Å². The number of benzene rings is 2. The van der Waals surface area contributed by atoms with Crippen LogP contribution in [0.3, 0.4) is 0 Å². The summed E-state index contributed by atoms with van der Waals surface area (Å²) < 4.78 is 11.2. The van der Waals surface area contributed by atoms with Gasteiger partial charge in [-0.2, -0.15) is 0 Å². The zero-order chi connectivity index (χ0) is 15.7. The van der Waals surface area contributed by atoms with Crippen LogP contribution >= 0.6 is 0 Å². The van der Waals surface area contributed by atoms with E-state index in [1.165, 1.54) is 0 Å². The van der Waals surface area contributed by atoms with E-state index in [-0.39, 0.29) is 11.4 Å². The lowest BCUT2D eigenvalue weighted by Crippen LogP contribution is -2.36. The minimum Gasteiger partial charge on any atom is -0.486 e. The van der Waals surface area contributed by atoms with Crippen molar-refractivity contribution < 1.29 is 14.3 Å². The van der Waals surface area contributed by atoms with Crippen molar-refractivity contribution in [2.45, 2.75) is 24.8 Å². The Labute approximate surface area is 135 Å². The summed E-state index contributed by atoms with van der Waals surface area (Å²) in [6, 6.07) is 15.8. The normalized spacial score (nSPS) is 17.4. The molecule has 1 aliphatic heterocycles. The van der Waals surface area contributed by atoms with Gasteiger partial charge in [-0.1, -0.05) is 36.4 Å². The summed E-state index contributed by atoms with van der Waals surface area (Å²) in [5, 5.41) is 3.20. The molecule has 1 fully saturated rings. The van der Waals surface area contributed by atoms with Crippen molar-refractivity contribution in [1.82, 2.24) is 5.32 Å². The number of hydrogen-bond acceptors (Lipinski definition) is 3. The number of ether oxygens (including phenoxy) is 2. The van der Waals surface area contributed by atoms with Crippen LogP contribution in [0.1, 0.15) is 24.0 Å². The minimum atomic E-state index is -0.234. The van der Waals surface area contributed by atoms with E-state index in [2.05, 4.69) is 5.32 Å². The topological polar surface area (TPSA) is 47.6 Å². The molecule has 0 atom stereocenters. The molecule has 0 radical (unpaired) electrons. The Balaban J connectivity index is 1.49. The van der Waals surface area contributed by atoms with Crippen LogP contribution in [-0.2, 0) is 16.8 Å². The molecule has 1 N–H and O–H groups in total. The van der Waals surface area contributed by atoms with Crippen molar-refractivity contribution in [3.63, 3.8) is 0 Å². The maximum atomic E-state index is 12.4. The summed E-state index contributed by atoms with van der Waals surface area (Å²) in [5.41, 5.74) is 1.90. The van der Waals surface area contributed by atoms with Gasteiger partial charge < -0.3 is 14.8 Å². The van der Waals surface area contributed by atoms with Crippen LogP contribution in [0.15, 0.2) is 48.5 Å². The Morgan fingerprint density at radius 3 is 2.48 bits per heavy atom. The molecule has 4 rings (SSSR count). The number of fused-ring (bicyclic) bond motifs is 1. The summed E-state index contributed by atoms with van der Waals surface area (Å²) in [6.45, 7) is 1.16. The Morgan fingerprint density at radius 1 is 1.00 bits per heavy atom. The van der Waals surface area contributed by atoms with Crippen molar-refractivity contribution in [3.8, 4) is 11.5 Å². The van der Waals surface area contributed by atoms with Gasteiger partial charge in [0.2, 0.25) is 5.91 Å². The number of hydrogen-bond donors (Lipinski definition) is 1. The molecule has 0 unspecified atom stereocenters. The van der Waals surface area contributed by atoms with Crippen LogP contribution < -0.4 is 14.8 Å². The van der Waals surface area contributed by atoms with Crippen molar-refractivity contribution in [3.05, 3.63) is 59.7 Å². The Kier molecular flexibility index (Phi) is 3.45. The van der Waals surface area contributed by atoms with Crippen LogP contribution in [0.5, 0.6) is 11.5 Å². The van der Waals surface area contributed by atoms with Gasteiger partial charge >= 0.3 is 0 Å². The smallest absolute Gasteiger partial charge is 0.225 e. The van der Waals surface area contributed by atoms with E-state index < -0.39 is 0 Å². The first-order chi connectivity index (χ1) is 11.3. The van der Waals surface area contributed by atoms with Gasteiger partial charge in [0.15, 0.2) is 11.5 Å². The first-order valence-corrected chi connectivity index (χ1v) is 8.00. The number of nitrogens with one attached hydrogen (secondary N) is 1. The SMILES string of the molecule is O=C(Cc1ccccc1)NC1(c2ccc3c(c2)OCCO3)CC1. The van der Waals surface area contributed by atoms with Crippen LogP contribution in [0.25, 0.3) is 0 Å². The van der Waals surface area contributed by atoms with Crippen molar-refractivity contribution in [2.24, 2.45) is 0 Å². The third-order valence-corrected chi connectivity index (χ3v) is 4.43. The average molecular weight is 309 g/mol. The van der Waals surface area contributed by atoms with Gasteiger partial charge in [0.1, 0.15) is 13.2 Å². The number of rotatable bonds is 4.